The van der Waals surface area contributed by atoms with Gasteiger partial charge in [0.25, 0.3) is 5.91 Å². The second-order valence-electron chi connectivity index (χ2n) is 5.66. The summed E-state index contributed by atoms with van der Waals surface area (Å²) >= 11 is 5.75. The van der Waals surface area contributed by atoms with Crippen LogP contribution in [0.25, 0.3) is 0 Å². The lowest BCUT2D eigenvalue weighted by Crippen LogP contribution is -2.59. The van der Waals surface area contributed by atoms with Gasteiger partial charge >= 0.3 is 5.97 Å². The first-order valence-corrected chi connectivity index (χ1v) is 7.89. The normalized spacial score (nSPS) is 15.3. The molecule has 6 nitrogen and oxygen atoms in total. The van der Waals surface area contributed by atoms with E-state index < -0.39 is 11.5 Å². The molecular weight excluding hydrogens is 320 g/mol. The molecule has 124 valence electrons. The minimum absolute atomic E-state index is 0.177. The van der Waals surface area contributed by atoms with Crippen molar-refractivity contribution in [3.63, 3.8) is 0 Å². The average molecular weight is 339 g/mol. The van der Waals surface area contributed by atoms with Gasteiger partial charge in [-0.3, -0.25) is 9.59 Å². The summed E-state index contributed by atoms with van der Waals surface area (Å²) in [5.74, 6) is -1.51. The predicted molar refractivity (Wildman–Crippen MR) is 85.4 cm³/mol. The predicted octanol–water partition coefficient (Wildman–Crippen LogP) is 1.97. The quantitative estimate of drug-likeness (QED) is 0.662. The van der Waals surface area contributed by atoms with E-state index in [1.165, 1.54) is 0 Å². The SMILES string of the molecule is O=C(CCCNC(=O)c1ccc(Cl)cc1)NC1(C(=O)O)CCC1. The molecule has 0 spiro atoms. The summed E-state index contributed by atoms with van der Waals surface area (Å²) in [6.45, 7) is 0.342. The molecule has 0 aliphatic heterocycles. The first-order chi connectivity index (χ1) is 10.9. The van der Waals surface area contributed by atoms with Gasteiger partial charge in [0, 0.05) is 23.6 Å². The third-order valence-corrected chi connectivity index (χ3v) is 4.22. The van der Waals surface area contributed by atoms with E-state index in [0.29, 0.717) is 36.4 Å². The van der Waals surface area contributed by atoms with Gasteiger partial charge in [-0.2, -0.15) is 0 Å². The average Bonchev–Trinajstić information content (AvgIpc) is 2.47. The standard InChI is InChI=1S/C16H19ClN2O4/c17-12-6-4-11(5-7-12)14(21)18-10-1-3-13(20)19-16(15(22)23)8-2-9-16/h4-7H,1-3,8-10H2,(H,18,21)(H,19,20)(H,22,23). The van der Waals surface area contributed by atoms with Crippen molar-refractivity contribution >= 4 is 29.4 Å². The fourth-order valence-electron chi connectivity index (χ4n) is 2.41. The number of benzene rings is 1. The Morgan fingerprint density at radius 2 is 1.83 bits per heavy atom. The van der Waals surface area contributed by atoms with Crippen LogP contribution >= 0.6 is 11.6 Å². The largest absolute Gasteiger partial charge is 0.480 e. The van der Waals surface area contributed by atoms with E-state index >= 15 is 0 Å². The molecule has 0 aromatic heterocycles. The summed E-state index contributed by atoms with van der Waals surface area (Å²) in [6, 6.07) is 6.51. The molecule has 2 amide bonds. The van der Waals surface area contributed by atoms with E-state index in [4.69, 9.17) is 16.7 Å². The Kier molecular flexibility index (Phi) is 5.60. The first kappa shape index (κ1) is 17.3. The maximum atomic E-state index is 11.8. The number of hydrogen-bond acceptors (Lipinski definition) is 3. The van der Waals surface area contributed by atoms with E-state index in [0.717, 1.165) is 6.42 Å². The number of nitrogens with one attached hydrogen (secondary N) is 2. The topological polar surface area (TPSA) is 95.5 Å². The molecule has 0 bridgehead atoms. The Balaban J connectivity index is 1.69. The number of aliphatic carboxylic acids is 1. The number of carbonyl (C=O) groups excluding carboxylic acids is 2. The van der Waals surface area contributed by atoms with Crippen LogP contribution in [0.4, 0.5) is 0 Å². The molecule has 1 aliphatic rings. The Morgan fingerprint density at radius 3 is 2.35 bits per heavy atom. The molecule has 0 atom stereocenters. The summed E-state index contributed by atoms with van der Waals surface area (Å²) in [5, 5.41) is 15.0. The highest BCUT2D eigenvalue weighted by atomic mass is 35.5. The van der Waals surface area contributed by atoms with Crippen molar-refractivity contribution in [1.29, 1.82) is 0 Å². The summed E-state index contributed by atoms with van der Waals surface area (Å²) in [6.07, 6.45) is 2.38. The number of carboxylic acid groups (broad SMARTS) is 1. The molecule has 0 saturated heterocycles. The van der Waals surface area contributed by atoms with Gasteiger partial charge in [-0.05, 0) is 49.9 Å². The molecule has 1 aromatic carbocycles. The second-order valence-corrected chi connectivity index (χ2v) is 6.09. The summed E-state index contributed by atoms with van der Waals surface area (Å²) in [5.41, 5.74) is -0.581. The molecule has 23 heavy (non-hydrogen) atoms. The zero-order valence-electron chi connectivity index (χ0n) is 12.6. The smallest absolute Gasteiger partial charge is 0.329 e. The molecule has 1 saturated carbocycles. The first-order valence-electron chi connectivity index (χ1n) is 7.51. The number of carbonyl (C=O) groups is 3. The van der Waals surface area contributed by atoms with Crippen LogP contribution in [0, 0.1) is 0 Å². The molecule has 2 rings (SSSR count). The molecule has 1 aliphatic carbocycles. The molecule has 1 fully saturated rings. The van der Waals surface area contributed by atoms with E-state index in [9.17, 15) is 14.4 Å². The van der Waals surface area contributed by atoms with Gasteiger partial charge in [-0.15, -0.1) is 0 Å². The van der Waals surface area contributed by atoms with Gasteiger partial charge in [0.15, 0.2) is 0 Å². The summed E-state index contributed by atoms with van der Waals surface area (Å²) < 4.78 is 0. The van der Waals surface area contributed by atoms with Gasteiger partial charge < -0.3 is 15.7 Å². The highest BCUT2D eigenvalue weighted by Gasteiger charge is 2.45. The maximum Gasteiger partial charge on any atom is 0.329 e. The number of hydrogen-bond donors (Lipinski definition) is 3. The number of rotatable bonds is 7. The zero-order chi connectivity index (χ0) is 16.9. The third kappa shape index (κ3) is 4.45. The van der Waals surface area contributed by atoms with Crippen molar-refractivity contribution in [3.8, 4) is 0 Å². The van der Waals surface area contributed by atoms with E-state index in [-0.39, 0.29) is 18.2 Å². The minimum atomic E-state index is -1.08. The van der Waals surface area contributed by atoms with Crippen LogP contribution in [0.1, 0.15) is 42.5 Å². The van der Waals surface area contributed by atoms with Crippen molar-refractivity contribution in [2.24, 2.45) is 0 Å². The lowest BCUT2D eigenvalue weighted by molar-refractivity contribution is -0.151. The van der Waals surface area contributed by atoms with Crippen LogP contribution in [-0.4, -0.2) is 35.0 Å². The summed E-state index contributed by atoms with van der Waals surface area (Å²) in [7, 11) is 0. The van der Waals surface area contributed by atoms with E-state index in [2.05, 4.69) is 10.6 Å². The molecule has 0 radical (unpaired) electrons. The number of halogens is 1. The van der Waals surface area contributed by atoms with Gasteiger partial charge in [0.05, 0.1) is 0 Å². The Labute approximate surface area is 139 Å². The van der Waals surface area contributed by atoms with Gasteiger partial charge in [0.2, 0.25) is 5.91 Å². The molecular formula is C16H19ClN2O4. The van der Waals surface area contributed by atoms with Crippen LogP contribution in [-0.2, 0) is 9.59 Å². The van der Waals surface area contributed by atoms with Crippen molar-refractivity contribution in [3.05, 3.63) is 34.9 Å². The van der Waals surface area contributed by atoms with Crippen LogP contribution in [0.15, 0.2) is 24.3 Å². The highest BCUT2D eigenvalue weighted by Crippen LogP contribution is 2.32. The molecule has 3 N–H and O–H groups in total. The molecule has 1 aromatic rings. The highest BCUT2D eigenvalue weighted by molar-refractivity contribution is 6.30. The van der Waals surface area contributed by atoms with Crippen LogP contribution < -0.4 is 10.6 Å². The van der Waals surface area contributed by atoms with E-state index in [1.54, 1.807) is 24.3 Å². The number of carboxylic acids is 1. The van der Waals surface area contributed by atoms with E-state index in [1.807, 2.05) is 0 Å². The maximum absolute atomic E-state index is 11.8. The fourth-order valence-corrected chi connectivity index (χ4v) is 2.53. The second kappa shape index (κ2) is 7.46. The Morgan fingerprint density at radius 1 is 1.17 bits per heavy atom. The zero-order valence-corrected chi connectivity index (χ0v) is 13.4. The lowest BCUT2D eigenvalue weighted by Gasteiger charge is -2.38. The number of amides is 2. The van der Waals surface area contributed by atoms with Gasteiger partial charge in [0.1, 0.15) is 5.54 Å². The summed E-state index contributed by atoms with van der Waals surface area (Å²) in [4.78, 5) is 34.8. The van der Waals surface area contributed by atoms with Crippen molar-refractivity contribution in [2.75, 3.05) is 6.54 Å². The third-order valence-electron chi connectivity index (χ3n) is 3.97. The fraction of sp³-hybridized carbons (Fsp3) is 0.438. The van der Waals surface area contributed by atoms with Gasteiger partial charge in [-0.25, -0.2) is 4.79 Å². The van der Waals surface area contributed by atoms with Crippen molar-refractivity contribution < 1.29 is 19.5 Å². The molecule has 7 heteroatoms. The monoisotopic (exact) mass is 338 g/mol. The molecule has 0 unspecified atom stereocenters. The van der Waals surface area contributed by atoms with Crippen LogP contribution in [0.3, 0.4) is 0 Å². The Bertz CT molecular complexity index is 597. The molecule has 0 heterocycles. The van der Waals surface area contributed by atoms with Crippen LogP contribution in [0.5, 0.6) is 0 Å². The van der Waals surface area contributed by atoms with Crippen molar-refractivity contribution in [1.82, 2.24) is 10.6 Å². The van der Waals surface area contributed by atoms with Crippen LogP contribution in [0.2, 0.25) is 5.02 Å². The minimum Gasteiger partial charge on any atom is -0.480 e. The lowest BCUT2D eigenvalue weighted by atomic mass is 9.76. The Hall–Kier alpha value is -2.08. The van der Waals surface area contributed by atoms with Crippen molar-refractivity contribution in [2.45, 2.75) is 37.6 Å². The van der Waals surface area contributed by atoms with Gasteiger partial charge in [-0.1, -0.05) is 11.6 Å².